The number of alkyl halides is 3. The van der Waals surface area contributed by atoms with Crippen molar-refractivity contribution in [2.24, 2.45) is 0 Å². The fourth-order valence-corrected chi connectivity index (χ4v) is 4.42. The van der Waals surface area contributed by atoms with Crippen LogP contribution in [0, 0.1) is 0 Å². The number of aromatic nitrogens is 1. The maximum atomic E-state index is 13.3. The van der Waals surface area contributed by atoms with Crippen LogP contribution in [0.4, 0.5) is 13.2 Å². The lowest BCUT2D eigenvalue weighted by molar-refractivity contribution is -0.138. The molecule has 0 radical (unpaired) electrons. The number of nitrogens with zero attached hydrogens (tertiary/aromatic N) is 1. The second-order valence-electron chi connectivity index (χ2n) is 7.43. The van der Waals surface area contributed by atoms with Crippen LogP contribution < -0.4 is 15.6 Å². The zero-order valence-electron chi connectivity index (χ0n) is 17.5. The highest BCUT2D eigenvalue weighted by molar-refractivity contribution is 7.98. The Kier molecular flexibility index (Phi) is 5.94. The first-order valence-corrected chi connectivity index (χ1v) is 11.1. The summed E-state index contributed by atoms with van der Waals surface area (Å²) in [4.78, 5) is 37.2. The number of carboxylic acids is 1. The Hall–Kier alpha value is -3.67. The Morgan fingerprint density at radius 3 is 2.47 bits per heavy atom. The van der Waals surface area contributed by atoms with Crippen molar-refractivity contribution in [1.29, 1.82) is 0 Å². The highest BCUT2D eigenvalue weighted by atomic mass is 32.2. The lowest BCUT2D eigenvalue weighted by Crippen LogP contribution is -2.38. The number of pyridine rings is 1. The van der Waals surface area contributed by atoms with Crippen molar-refractivity contribution in [3.05, 3.63) is 63.4 Å². The molecule has 0 bridgehead atoms. The Morgan fingerprint density at radius 1 is 1.21 bits per heavy atom. The van der Waals surface area contributed by atoms with Crippen LogP contribution in [-0.4, -0.2) is 39.5 Å². The van der Waals surface area contributed by atoms with Crippen molar-refractivity contribution < 1.29 is 37.7 Å². The molecule has 3 aromatic rings. The molecular formula is C22H17F3N2O6S. The largest absolute Gasteiger partial charge is 0.506 e. The molecule has 1 aromatic heterocycles. The molecule has 4 rings (SSSR count). The Labute approximate surface area is 194 Å². The maximum Gasteiger partial charge on any atom is 0.416 e. The van der Waals surface area contributed by atoms with Crippen LogP contribution in [0.1, 0.15) is 27.6 Å². The van der Waals surface area contributed by atoms with Gasteiger partial charge in [-0.2, -0.15) is 13.2 Å². The summed E-state index contributed by atoms with van der Waals surface area (Å²) in [6, 6.07) is 7.50. The Balaban J connectivity index is 1.86. The van der Waals surface area contributed by atoms with Crippen LogP contribution in [0.5, 0.6) is 11.5 Å². The van der Waals surface area contributed by atoms with Gasteiger partial charge in [-0.1, -0.05) is 12.1 Å². The summed E-state index contributed by atoms with van der Waals surface area (Å²) in [6.45, 7) is -0.909. The zero-order valence-corrected chi connectivity index (χ0v) is 18.3. The number of ether oxygens (including phenoxy) is 1. The van der Waals surface area contributed by atoms with Gasteiger partial charge in [-0.15, -0.1) is 11.8 Å². The van der Waals surface area contributed by atoms with Gasteiger partial charge in [-0.25, -0.2) is 0 Å². The number of carboxylic acid groups (broad SMARTS) is 1. The van der Waals surface area contributed by atoms with Gasteiger partial charge in [-0.05, 0) is 36.1 Å². The van der Waals surface area contributed by atoms with Crippen molar-refractivity contribution >= 4 is 34.5 Å². The molecule has 2 heterocycles. The van der Waals surface area contributed by atoms with Gasteiger partial charge in [-0.3, -0.25) is 19.0 Å². The summed E-state index contributed by atoms with van der Waals surface area (Å²) in [5, 5.41) is 21.9. The lowest BCUT2D eigenvalue weighted by atomic mass is 10.0. The smallest absolute Gasteiger partial charge is 0.416 e. The molecule has 1 amide bonds. The first-order valence-electron chi connectivity index (χ1n) is 9.83. The molecule has 1 aliphatic heterocycles. The second-order valence-corrected chi connectivity index (χ2v) is 8.28. The quantitative estimate of drug-likeness (QED) is 0.466. The summed E-state index contributed by atoms with van der Waals surface area (Å²) >= 11 is 1.25. The van der Waals surface area contributed by atoms with Crippen molar-refractivity contribution in [3.8, 4) is 11.5 Å². The molecule has 12 heteroatoms. The number of nitrogens with one attached hydrogen (secondary N) is 1. The van der Waals surface area contributed by atoms with Crippen molar-refractivity contribution in [3.63, 3.8) is 0 Å². The first kappa shape index (κ1) is 23.5. The molecule has 3 N–H and O–H groups in total. The van der Waals surface area contributed by atoms with Crippen LogP contribution in [-0.2, 0) is 17.5 Å². The molecule has 0 saturated heterocycles. The van der Waals surface area contributed by atoms with Crippen LogP contribution in [0.15, 0.2) is 46.1 Å². The van der Waals surface area contributed by atoms with Crippen LogP contribution in [0.2, 0.25) is 0 Å². The van der Waals surface area contributed by atoms with Crippen LogP contribution in [0.3, 0.4) is 0 Å². The van der Waals surface area contributed by atoms with Gasteiger partial charge in [0.1, 0.15) is 29.7 Å². The third-order valence-corrected chi connectivity index (χ3v) is 6.16. The number of amides is 1. The third-order valence-electron chi connectivity index (χ3n) is 5.38. The fourth-order valence-electron chi connectivity index (χ4n) is 3.82. The minimum absolute atomic E-state index is 0.148. The monoisotopic (exact) mass is 494 g/mol. The van der Waals surface area contributed by atoms with E-state index in [1.54, 1.807) is 18.4 Å². The molecule has 0 saturated carbocycles. The molecule has 2 aromatic carbocycles. The number of thioether (sulfide) groups is 1. The predicted octanol–water partition coefficient (Wildman–Crippen LogP) is 3.40. The Bertz CT molecular complexity index is 1370. The average molecular weight is 494 g/mol. The molecule has 8 nitrogen and oxygen atoms in total. The van der Waals surface area contributed by atoms with E-state index in [-0.39, 0.29) is 23.2 Å². The molecule has 1 unspecified atom stereocenters. The average Bonchev–Trinajstić information content (AvgIpc) is 2.80. The predicted molar refractivity (Wildman–Crippen MR) is 116 cm³/mol. The number of aliphatic carboxylic acids is 1. The summed E-state index contributed by atoms with van der Waals surface area (Å²) in [5.74, 6) is -2.81. The van der Waals surface area contributed by atoms with Gasteiger partial charge >= 0.3 is 12.1 Å². The SMILES string of the molecule is CSc1ccc2c3c1c(O)c(C(=O)NCC(=O)O)c(=O)n3CC(c1ccc(C(F)(F)F)cc1)O2. The molecule has 0 fully saturated rings. The molecule has 178 valence electrons. The maximum absolute atomic E-state index is 13.3. The van der Waals surface area contributed by atoms with Crippen molar-refractivity contribution in [2.75, 3.05) is 12.8 Å². The van der Waals surface area contributed by atoms with Gasteiger partial charge < -0.3 is 20.3 Å². The van der Waals surface area contributed by atoms with E-state index >= 15 is 0 Å². The van der Waals surface area contributed by atoms with E-state index in [2.05, 4.69) is 5.32 Å². The van der Waals surface area contributed by atoms with Gasteiger partial charge in [0.05, 0.1) is 23.0 Å². The summed E-state index contributed by atoms with van der Waals surface area (Å²) < 4.78 is 46.0. The van der Waals surface area contributed by atoms with E-state index in [4.69, 9.17) is 9.84 Å². The van der Waals surface area contributed by atoms with Gasteiger partial charge in [0, 0.05) is 4.90 Å². The number of aromatic hydroxyl groups is 1. The van der Waals surface area contributed by atoms with Crippen molar-refractivity contribution in [2.45, 2.75) is 23.7 Å². The summed E-state index contributed by atoms with van der Waals surface area (Å²) in [6.07, 6.45) is -3.63. The molecule has 34 heavy (non-hydrogen) atoms. The Morgan fingerprint density at radius 2 is 1.88 bits per heavy atom. The first-order chi connectivity index (χ1) is 16.0. The normalized spacial score (nSPS) is 15.1. The topological polar surface area (TPSA) is 118 Å². The zero-order chi connectivity index (χ0) is 24.8. The third kappa shape index (κ3) is 4.04. The van der Waals surface area contributed by atoms with Gasteiger partial charge in [0.15, 0.2) is 0 Å². The van der Waals surface area contributed by atoms with E-state index in [0.717, 1.165) is 12.1 Å². The number of halogens is 3. The molecule has 1 aliphatic rings. The molecule has 0 spiro atoms. The summed E-state index contributed by atoms with van der Waals surface area (Å²) in [5.41, 5.74) is -1.74. The molecular weight excluding hydrogens is 477 g/mol. The molecule has 1 atom stereocenters. The minimum atomic E-state index is -4.51. The highest BCUT2D eigenvalue weighted by Crippen LogP contribution is 2.43. The van der Waals surface area contributed by atoms with E-state index in [9.17, 15) is 32.7 Å². The number of carbonyl (C=O) groups excluding carboxylic acids is 1. The number of benzene rings is 2. The molecule has 0 aliphatic carbocycles. The van der Waals surface area contributed by atoms with Crippen molar-refractivity contribution in [1.82, 2.24) is 9.88 Å². The van der Waals surface area contributed by atoms with E-state index < -0.39 is 53.1 Å². The number of hydrogen-bond acceptors (Lipinski definition) is 6. The van der Waals surface area contributed by atoms with Gasteiger partial charge in [0.25, 0.3) is 11.5 Å². The van der Waals surface area contributed by atoms with Crippen LogP contribution in [0.25, 0.3) is 10.9 Å². The van der Waals surface area contributed by atoms with Gasteiger partial charge in [0.2, 0.25) is 0 Å². The van der Waals surface area contributed by atoms with E-state index in [1.807, 2.05) is 0 Å². The number of rotatable bonds is 5. The minimum Gasteiger partial charge on any atom is -0.506 e. The fraction of sp³-hybridized carbons (Fsp3) is 0.227. The summed E-state index contributed by atoms with van der Waals surface area (Å²) in [7, 11) is 0. The standard InChI is InChI=1S/C22H17F3N2O6S/c1-34-14-7-6-12-18-16(14)19(30)17(20(31)26-8-15(28)29)21(32)27(18)9-13(33-12)10-2-4-11(5-3-10)22(23,24)25/h2-7,13,30H,8-9H2,1H3,(H,26,31)(H,28,29). The highest BCUT2D eigenvalue weighted by Gasteiger charge is 2.33. The lowest BCUT2D eigenvalue weighted by Gasteiger charge is -2.29. The number of carbonyl (C=O) groups is 2. The number of hydrogen-bond donors (Lipinski definition) is 3. The van der Waals surface area contributed by atoms with E-state index in [1.165, 1.54) is 28.5 Å². The second kappa shape index (κ2) is 8.60. The van der Waals surface area contributed by atoms with Crippen LogP contribution >= 0.6 is 11.8 Å². The van der Waals surface area contributed by atoms with E-state index in [0.29, 0.717) is 10.5 Å².